The van der Waals surface area contributed by atoms with Crippen LogP contribution in [0.15, 0.2) is 77.4 Å². The Kier molecular flexibility index (Phi) is 5.79. The molecule has 4 aromatic rings. The molecule has 0 saturated carbocycles. The zero-order chi connectivity index (χ0) is 22.8. The Bertz CT molecular complexity index is 1240. The summed E-state index contributed by atoms with van der Waals surface area (Å²) in [5.74, 6) is 1.37. The third kappa shape index (κ3) is 4.19. The summed E-state index contributed by atoms with van der Waals surface area (Å²) in [6.45, 7) is 2.63. The average Bonchev–Trinajstić information content (AvgIpc) is 3.54. The number of carbonyl (C=O) groups excluding carboxylic acids is 1. The van der Waals surface area contributed by atoms with Crippen molar-refractivity contribution in [2.75, 3.05) is 38.2 Å². The number of aromatic nitrogens is 2. The van der Waals surface area contributed by atoms with E-state index in [1.54, 1.807) is 36.3 Å². The summed E-state index contributed by atoms with van der Waals surface area (Å²) in [4.78, 5) is 17.4. The van der Waals surface area contributed by atoms with E-state index in [1.165, 1.54) is 0 Å². The second kappa shape index (κ2) is 9.03. The van der Waals surface area contributed by atoms with E-state index in [0.29, 0.717) is 35.3 Å². The van der Waals surface area contributed by atoms with Crippen molar-refractivity contribution in [3.8, 4) is 22.9 Å². The van der Waals surface area contributed by atoms with E-state index >= 15 is 0 Å². The molecule has 0 unspecified atom stereocenters. The smallest absolute Gasteiger partial charge is 0.274 e. The molecule has 1 amide bonds. The van der Waals surface area contributed by atoms with E-state index < -0.39 is 0 Å². The molecule has 5 rings (SSSR count). The van der Waals surface area contributed by atoms with Crippen molar-refractivity contribution in [2.45, 2.75) is 0 Å². The maximum atomic E-state index is 13.3. The number of furan rings is 1. The van der Waals surface area contributed by atoms with E-state index in [1.807, 2.05) is 53.4 Å². The number of anilines is 1. The lowest BCUT2D eigenvalue weighted by atomic mass is 10.2. The van der Waals surface area contributed by atoms with Gasteiger partial charge in [-0.05, 0) is 48.5 Å². The number of amides is 1. The summed E-state index contributed by atoms with van der Waals surface area (Å²) in [7, 11) is 1.67. The fourth-order valence-corrected chi connectivity index (χ4v) is 4.19. The first-order chi connectivity index (χ1) is 16.1. The first kappa shape index (κ1) is 21.2. The van der Waals surface area contributed by atoms with Crippen LogP contribution in [0.5, 0.6) is 5.75 Å². The topological polar surface area (TPSA) is 63.7 Å². The number of methoxy groups -OCH3 is 1. The predicted octanol–water partition coefficient (Wildman–Crippen LogP) is 4.76. The summed E-state index contributed by atoms with van der Waals surface area (Å²) >= 11 is 6.05. The van der Waals surface area contributed by atoms with Crippen molar-refractivity contribution in [3.05, 3.63) is 83.7 Å². The van der Waals surface area contributed by atoms with Crippen LogP contribution in [-0.2, 0) is 0 Å². The maximum absolute atomic E-state index is 13.3. The van der Waals surface area contributed by atoms with Gasteiger partial charge in [0.2, 0.25) is 0 Å². The Hall–Kier alpha value is -3.71. The van der Waals surface area contributed by atoms with E-state index in [9.17, 15) is 4.79 Å². The van der Waals surface area contributed by atoms with Crippen molar-refractivity contribution in [1.82, 2.24) is 14.7 Å². The van der Waals surface area contributed by atoms with Crippen LogP contribution >= 0.6 is 11.6 Å². The number of halogens is 1. The number of ether oxygens (including phenoxy) is 1. The second-order valence-corrected chi connectivity index (χ2v) is 8.17. The normalized spacial score (nSPS) is 13.9. The van der Waals surface area contributed by atoms with E-state index in [0.717, 1.165) is 30.2 Å². The van der Waals surface area contributed by atoms with Gasteiger partial charge in [-0.25, -0.2) is 4.68 Å². The highest BCUT2D eigenvalue weighted by Gasteiger charge is 2.27. The van der Waals surface area contributed by atoms with Crippen molar-refractivity contribution in [2.24, 2.45) is 0 Å². The molecule has 1 aliphatic heterocycles. The van der Waals surface area contributed by atoms with Gasteiger partial charge in [-0.2, -0.15) is 5.10 Å². The molecular weight excluding hydrogens is 440 g/mol. The molecule has 8 heteroatoms. The van der Waals surface area contributed by atoms with Crippen molar-refractivity contribution in [1.29, 1.82) is 0 Å². The minimum atomic E-state index is -0.102. The van der Waals surface area contributed by atoms with Gasteiger partial charge in [-0.15, -0.1) is 0 Å². The van der Waals surface area contributed by atoms with Crippen LogP contribution in [0.25, 0.3) is 17.1 Å². The van der Waals surface area contributed by atoms with Gasteiger partial charge in [0.1, 0.15) is 11.4 Å². The quantitative estimate of drug-likeness (QED) is 0.428. The largest absolute Gasteiger partial charge is 0.495 e. The Morgan fingerprint density at radius 1 is 1.00 bits per heavy atom. The molecule has 0 aliphatic carbocycles. The van der Waals surface area contributed by atoms with Crippen LogP contribution in [0, 0.1) is 0 Å². The minimum absolute atomic E-state index is 0.102. The Balaban J connectivity index is 1.38. The Morgan fingerprint density at radius 3 is 2.45 bits per heavy atom. The SMILES string of the molecule is COc1ccccc1N1CCN(C(=O)c2cc(-c3ccco3)n(-c3ccc(Cl)cc3)n2)CC1. The lowest BCUT2D eigenvalue weighted by Crippen LogP contribution is -2.49. The van der Waals surface area contributed by atoms with E-state index in [-0.39, 0.29) is 5.91 Å². The molecule has 0 bridgehead atoms. The fourth-order valence-electron chi connectivity index (χ4n) is 4.07. The van der Waals surface area contributed by atoms with Gasteiger partial charge in [-0.3, -0.25) is 4.79 Å². The number of hydrogen-bond acceptors (Lipinski definition) is 5. The number of benzene rings is 2. The molecule has 168 valence electrons. The van der Waals surface area contributed by atoms with Crippen LogP contribution in [0.4, 0.5) is 5.69 Å². The molecule has 1 aliphatic rings. The highest BCUT2D eigenvalue weighted by atomic mass is 35.5. The lowest BCUT2D eigenvalue weighted by Gasteiger charge is -2.36. The zero-order valence-electron chi connectivity index (χ0n) is 18.1. The zero-order valence-corrected chi connectivity index (χ0v) is 18.9. The van der Waals surface area contributed by atoms with Crippen LogP contribution in [0.3, 0.4) is 0 Å². The molecule has 2 aromatic carbocycles. The maximum Gasteiger partial charge on any atom is 0.274 e. The van der Waals surface area contributed by atoms with Crippen molar-refractivity contribution in [3.63, 3.8) is 0 Å². The molecule has 33 heavy (non-hydrogen) atoms. The fraction of sp³-hybridized carbons (Fsp3) is 0.200. The molecule has 0 spiro atoms. The summed E-state index contributed by atoms with van der Waals surface area (Å²) in [5, 5.41) is 5.27. The first-order valence-electron chi connectivity index (χ1n) is 10.7. The summed E-state index contributed by atoms with van der Waals surface area (Å²) in [6, 6.07) is 20.7. The highest BCUT2D eigenvalue weighted by molar-refractivity contribution is 6.30. The van der Waals surface area contributed by atoms with E-state index in [4.69, 9.17) is 20.8 Å². The molecule has 0 atom stereocenters. The van der Waals surface area contributed by atoms with Gasteiger partial charge in [0.15, 0.2) is 11.5 Å². The molecular formula is C25H23ClN4O3. The summed E-state index contributed by atoms with van der Waals surface area (Å²) < 4.78 is 12.8. The minimum Gasteiger partial charge on any atom is -0.495 e. The van der Waals surface area contributed by atoms with Crippen LogP contribution in [0.2, 0.25) is 5.02 Å². The number of hydrogen-bond donors (Lipinski definition) is 0. The Morgan fingerprint density at radius 2 is 1.76 bits per heavy atom. The third-order valence-corrected chi connectivity index (χ3v) is 6.02. The van der Waals surface area contributed by atoms with Gasteiger partial charge < -0.3 is 19.0 Å². The number of para-hydroxylation sites is 2. The number of rotatable bonds is 5. The average molecular weight is 463 g/mol. The lowest BCUT2D eigenvalue weighted by molar-refractivity contribution is 0.0740. The first-order valence-corrected chi connectivity index (χ1v) is 11.1. The van der Waals surface area contributed by atoms with Crippen LogP contribution < -0.4 is 9.64 Å². The standard InChI is InChI=1S/C25H23ClN4O3/c1-32-23-6-3-2-5-21(23)28-12-14-29(15-13-28)25(31)20-17-22(24-7-4-16-33-24)30(27-20)19-10-8-18(26)9-11-19/h2-11,16-17H,12-15H2,1H3. The molecule has 0 N–H and O–H groups in total. The Labute approximate surface area is 196 Å². The van der Waals surface area contributed by atoms with Crippen molar-refractivity contribution < 1.29 is 13.9 Å². The molecule has 2 aromatic heterocycles. The van der Waals surface area contributed by atoms with Gasteiger partial charge in [0.05, 0.1) is 24.7 Å². The monoisotopic (exact) mass is 462 g/mol. The second-order valence-electron chi connectivity index (χ2n) is 7.73. The molecule has 0 radical (unpaired) electrons. The van der Waals surface area contributed by atoms with Crippen LogP contribution in [0.1, 0.15) is 10.5 Å². The predicted molar refractivity (Wildman–Crippen MR) is 127 cm³/mol. The number of piperazine rings is 1. The number of carbonyl (C=O) groups is 1. The van der Waals surface area contributed by atoms with Crippen molar-refractivity contribution >= 4 is 23.2 Å². The van der Waals surface area contributed by atoms with Crippen LogP contribution in [-0.4, -0.2) is 53.9 Å². The molecule has 1 saturated heterocycles. The summed E-state index contributed by atoms with van der Waals surface area (Å²) in [5.41, 5.74) is 2.92. The van der Waals surface area contributed by atoms with Gasteiger partial charge in [0, 0.05) is 37.3 Å². The van der Waals surface area contributed by atoms with Gasteiger partial charge >= 0.3 is 0 Å². The third-order valence-electron chi connectivity index (χ3n) is 5.77. The number of nitrogens with zero attached hydrogens (tertiary/aromatic N) is 4. The summed E-state index contributed by atoms with van der Waals surface area (Å²) in [6.07, 6.45) is 1.60. The van der Waals surface area contributed by atoms with E-state index in [2.05, 4.69) is 10.00 Å². The molecule has 3 heterocycles. The highest BCUT2D eigenvalue weighted by Crippen LogP contribution is 2.29. The molecule has 1 fully saturated rings. The van der Waals surface area contributed by atoms with Gasteiger partial charge in [-0.1, -0.05) is 23.7 Å². The molecule has 7 nitrogen and oxygen atoms in total. The van der Waals surface area contributed by atoms with Gasteiger partial charge in [0.25, 0.3) is 5.91 Å².